The summed E-state index contributed by atoms with van der Waals surface area (Å²) in [7, 11) is 0. The van der Waals surface area contributed by atoms with Crippen LogP contribution in [0.2, 0.25) is 0 Å². The van der Waals surface area contributed by atoms with Gasteiger partial charge in [-0.1, -0.05) is 62.2 Å². The van der Waals surface area contributed by atoms with Gasteiger partial charge in [-0.05, 0) is 55.6 Å². The number of rotatable bonds is 9. The molecule has 2 aromatic carbocycles. The molecule has 1 heterocycles. The van der Waals surface area contributed by atoms with Crippen LogP contribution in [0, 0.1) is 5.92 Å². The number of hydrogen-bond donors (Lipinski definition) is 1. The fourth-order valence-electron chi connectivity index (χ4n) is 3.97. The van der Waals surface area contributed by atoms with Gasteiger partial charge >= 0.3 is 5.97 Å². The molecule has 3 rings (SSSR count). The topological polar surface area (TPSA) is 49.8 Å². The Balaban J connectivity index is 1.68. The highest BCUT2D eigenvalue weighted by Gasteiger charge is 2.29. The van der Waals surface area contributed by atoms with Crippen molar-refractivity contribution in [2.75, 3.05) is 13.1 Å². The maximum absolute atomic E-state index is 11.3. The number of nitrogens with zero attached hydrogens (tertiary/aromatic N) is 1. The molecule has 1 atom stereocenters. The van der Waals surface area contributed by atoms with E-state index < -0.39 is 5.97 Å². The van der Waals surface area contributed by atoms with E-state index in [4.69, 9.17) is 4.74 Å². The van der Waals surface area contributed by atoms with Gasteiger partial charge in [-0.15, -0.1) is 0 Å². The highest BCUT2D eigenvalue weighted by molar-refractivity contribution is 5.70. The number of hydrogen-bond acceptors (Lipinski definition) is 3. The van der Waals surface area contributed by atoms with Crippen molar-refractivity contribution >= 4 is 5.97 Å². The lowest BCUT2D eigenvalue weighted by molar-refractivity contribution is -0.143. The van der Waals surface area contributed by atoms with Gasteiger partial charge in [0.15, 0.2) is 0 Å². The predicted molar refractivity (Wildman–Crippen MR) is 111 cm³/mol. The zero-order chi connectivity index (χ0) is 19.8. The monoisotopic (exact) mass is 381 g/mol. The molecule has 4 heteroatoms. The van der Waals surface area contributed by atoms with Crippen LogP contribution in [0.15, 0.2) is 54.6 Å². The third kappa shape index (κ3) is 5.59. The summed E-state index contributed by atoms with van der Waals surface area (Å²) < 4.78 is 6.03. The van der Waals surface area contributed by atoms with E-state index in [0.717, 1.165) is 50.1 Å². The van der Waals surface area contributed by atoms with Crippen molar-refractivity contribution in [2.45, 2.75) is 51.7 Å². The molecule has 1 unspecified atom stereocenters. The molecule has 0 aromatic heterocycles. The van der Waals surface area contributed by atoms with Gasteiger partial charge in [0.1, 0.15) is 12.4 Å². The van der Waals surface area contributed by atoms with E-state index in [0.29, 0.717) is 12.6 Å². The summed E-state index contributed by atoms with van der Waals surface area (Å²) in [5, 5.41) is 9.28. The van der Waals surface area contributed by atoms with Crippen molar-refractivity contribution in [1.29, 1.82) is 0 Å². The SMILES string of the molecule is CCCCC(c1cccc(OCc2ccccc2)c1)N1CCC(C(=O)O)CC1. The fourth-order valence-corrected chi connectivity index (χ4v) is 3.97. The normalized spacial score (nSPS) is 16.6. The van der Waals surface area contributed by atoms with Crippen LogP contribution in [0.5, 0.6) is 5.75 Å². The Hall–Kier alpha value is -2.33. The summed E-state index contributed by atoms with van der Waals surface area (Å²) in [5.74, 6) is 0.0490. The third-order valence-electron chi connectivity index (χ3n) is 5.64. The molecule has 4 nitrogen and oxygen atoms in total. The van der Waals surface area contributed by atoms with Crippen molar-refractivity contribution in [3.05, 3.63) is 65.7 Å². The molecule has 0 amide bonds. The van der Waals surface area contributed by atoms with E-state index in [1.54, 1.807) is 0 Å². The van der Waals surface area contributed by atoms with E-state index in [-0.39, 0.29) is 5.92 Å². The number of unbranched alkanes of at least 4 members (excludes halogenated alkanes) is 1. The largest absolute Gasteiger partial charge is 0.489 e. The van der Waals surface area contributed by atoms with E-state index in [1.165, 1.54) is 12.0 Å². The van der Waals surface area contributed by atoms with Crippen LogP contribution in [0.1, 0.15) is 56.2 Å². The smallest absolute Gasteiger partial charge is 0.306 e. The molecule has 1 N–H and O–H groups in total. The number of piperidine rings is 1. The van der Waals surface area contributed by atoms with Gasteiger partial charge in [0, 0.05) is 6.04 Å². The van der Waals surface area contributed by atoms with Gasteiger partial charge in [0.05, 0.1) is 5.92 Å². The lowest BCUT2D eigenvalue weighted by Crippen LogP contribution is -2.38. The molecule has 1 aliphatic heterocycles. The summed E-state index contributed by atoms with van der Waals surface area (Å²) in [6.45, 7) is 4.47. The lowest BCUT2D eigenvalue weighted by Gasteiger charge is -2.37. The summed E-state index contributed by atoms with van der Waals surface area (Å²) in [4.78, 5) is 13.7. The zero-order valence-electron chi connectivity index (χ0n) is 16.7. The standard InChI is InChI=1S/C24H31NO3/c1-2-3-12-23(25-15-13-20(14-16-25)24(26)27)21-10-7-11-22(17-21)28-18-19-8-5-4-6-9-19/h4-11,17,20,23H,2-3,12-16,18H2,1H3,(H,26,27). The minimum absolute atomic E-state index is 0.191. The van der Waals surface area contributed by atoms with Gasteiger partial charge in [-0.2, -0.15) is 0 Å². The van der Waals surface area contributed by atoms with E-state index >= 15 is 0 Å². The molecule has 1 aliphatic rings. The minimum Gasteiger partial charge on any atom is -0.489 e. The Morgan fingerprint density at radius 2 is 1.89 bits per heavy atom. The predicted octanol–water partition coefficient (Wildman–Crippen LogP) is 5.29. The first-order chi connectivity index (χ1) is 13.7. The van der Waals surface area contributed by atoms with Crippen molar-refractivity contribution in [3.63, 3.8) is 0 Å². The van der Waals surface area contributed by atoms with Crippen molar-refractivity contribution in [1.82, 2.24) is 4.90 Å². The summed E-state index contributed by atoms with van der Waals surface area (Å²) in [6, 6.07) is 18.9. The Bertz CT molecular complexity index is 739. The van der Waals surface area contributed by atoms with Crippen molar-refractivity contribution in [3.8, 4) is 5.75 Å². The maximum Gasteiger partial charge on any atom is 0.306 e. The average Bonchev–Trinajstić information content (AvgIpc) is 2.74. The average molecular weight is 382 g/mol. The van der Waals surface area contributed by atoms with Crippen molar-refractivity contribution in [2.24, 2.45) is 5.92 Å². The Morgan fingerprint density at radius 3 is 2.57 bits per heavy atom. The Kier molecular flexibility index (Phi) is 7.49. The van der Waals surface area contributed by atoms with Crippen molar-refractivity contribution < 1.29 is 14.6 Å². The molecule has 1 saturated heterocycles. The van der Waals surface area contributed by atoms with Gasteiger partial charge < -0.3 is 9.84 Å². The number of carboxylic acids is 1. The van der Waals surface area contributed by atoms with Gasteiger partial charge in [-0.25, -0.2) is 0 Å². The molecule has 0 aliphatic carbocycles. The summed E-state index contributed by atoms with van der Waals surface area (Å²) in [6.07, 6.45) is 4.89. The van der Waals surface area contributed by atoms with Crippen LogP contribution in [-0.2, 0) is 11.4 Å². The first kappa shape index (κ1) is 20.4. The zero-order valence-corrected chi connectivity index (χ0v) is 16.7. The van der Waals surface area contributed by atoms with Gasteiger partial charge in [0.25, 0.3) is 0 Å². The highest BCUT2D eigenvalue weighted by Crippen LogP contribution is 2.32. The van der Waals surface area contributed by atoms with Crippen LogP contribution in [0.3, 0.4) is 0 Å². The van der Waals surface area contributed by atoms with Crippen LogP contribution in [0.25, 0.3) is 0 Å². The lowest BCUT2D eigenvalue weighted by atomic mass is 9.92. The second kappa shape index (κ2) is 10.3. The minimum atomic E-state index is -0.652. The molecule has 1 fully saturated rings. The third-order valence-corrected chi connectivity index (χ3v) is 5.64. The van der Waals surface area contributed by atoms with Gasteiger partial charge in [-0.3, -0.25) is 9.69 Å². The molecule has 2 aromatic rings. The molecular formula is C24H31NO3. The molecule has 0 radical (unpaired) electrons. The van der Waals surface area contributed by atoms with Crippen LogP contribution in [-0.4, -0.2) is 29.1 Å². The molecule has 28 heavy (non-hydrogen) atoms. The molecular weight excluding hydrogens is 350 g/mol. The van der Waals surface area contributed by atoms with Crippen LogP contribution < -0.4 is 4.74 Å². The van der Waals surface area contributed by atoms with E-state index in [2.05, 4.69) is 42.2 Å². The molecule has 0 spiro atoms. The summed E-state index contributed by atoms with van der Waals surface area (Å²) >= 11 is 0. The van der Waals surface area contributed by atoms with Gasteiger partial charge in [0.2, 0.25) is 0 Å². The first-order valence-electron chi connectivity index (χ1n) is 10.4. The second-order valence-electron chi connectivity index (χ2n) is 7.65. The quantitative estimate of drug-likeness (QED) is 0.641. The molecule has 0 bridgehead atoms. The second-order valence-corrected chi connectivity index (χ2v) is 7.65. The van der Waals surface area contributed by atoms with E-state index in [1.807, 2.05) is 24.3 Å². The highest BCUT2D eigenvalue weighted by atomic mass is 16.5. The van der Waals surface area contributed by atoms with E-state index in [9.17, 15) is 9.90 Å². The fraction of sp³-hybridized carbons (Fsp3) is 0.458. The van der Waals surface area contributed by atoms with Crippen LogP contribution >= 0.6 is 0 Å². The number of likely N-dealkylation sites (tertiary alicyclic amines) is 1. The Morgan fingerprint density at radius 1 is 1.14 bits per heavy atom. The first-order valence-corrected chi connectivity index (χ1v) is 10.4. The Labute approximate surface area is 168 Å². The number of carboxylic acid groups (broad SMARTS) is 1. The number of benzene rings is 2. The summed E-state index contributed by atoms with van der Waals surface area (Å²) in [5.41, 5.74) is 2.43. The number of aliphatic carboxylic acids is 1. The number of carbonyl (C=O) groups is 1. The molecule has 0 saturated carbocycles. The van der Waals surface area contributed by atoms with Crippen LogP contribution in [0.4, 0.5) is 0 Å². The molecule has 150 valence electrons. The number of ether oxygens (including phenoxy) is 1. The maximum atomic E-state index is 11.3.